The third-order valence-corrected chi connectivity index (χ3v) is 5.04. The molecule has 1 saturated heterocycles. The van der Waals surface area contributed by atoms with Crippen LogP contribution in [-0.4, -0.2) is 41.9 Å². The Hall–Kier alpha value is -0.910. The Labute approximate surface area is 135 Å². The zero-order valence-electron chi connectivity index (χ0n) is 12.6. The van der Waals surface area contributed by atoms with Gasteiger partial charge in [0.1, 0.15) is 0 Å². The van der Waals surface area contributed by atoms with Crippen molar-refractivity contribution >= 4 is 27.5 Å². The van der Waals surface area contributed by atoms with Crippen LogP contribution in [0.5, 0.6) is 0 Å². The van der Waals surface area contributed by atoms with Crippen molar-refractivity contribution in [3.8, 4) is 0 Å². The second-order valence-electron chi connectivity index (χ2n) is 5.72. The molecule has 4 nitrogen and oxygen atoms in total. The number of morpholine rings is 1. The Morgan fingerprint density at radius 3 is 2.48 bits per heavy atom. The predicted octanol–water partition coefficient (Wildman–Crippen LogP) is 2.88. The molecule has 1 amide bonds. The summed E-state index contributed by atoms with van der Waals surface area (Å²) in [4.78, 5) is 14.2. The van der Waals surface area contributed by atoms with Gasteiger partial charge in [-0.3, -0.25) is 9.69 Å². The van der Waals surface area contributed by atoms with Crippen LogP contribution in [0.3, 0.4) is 0 Å². The van der Waals surface area contributed by atoms with Gasteiger partial charge in [-0.15, -0.1) is 0 Å². The quantitative estimate of drug-likeness (QED) is 0.826. The lowest BCUT2D eigenvalue weighted by Gasteiger charge is -2.26. The van der Waals surface area contributed by atoms with E-state index in [1.807, 2.05) is 26.0 Å². The van der Waals surface area contributed by atoms with Crippen LogP contribution in [0.2, 0.25) is 0 Å². The summed E-state index contributed by atoms with van der Waals surface area (Å²) in [7, 11) is 0. The van der Waals surface area contributed by atoms with Crippen molar-refractivity contribution < 1.29 is 9.53 Å². The van der Waals surface area contributed by atoms with Gasteiger partial charge in [0.05, 0.1) is 18.0 Å². The molecule has 1 fully saturated rings. The molecule has 1 aliphatic rings. The fourth-order valence-corrected chi connectivity index (χ4v) is 2.34. The fraction of sp³-hybridized carbons (Fsp3) is 0.562. The number of alkyl halides is 1. The Bertz CT molecular complexity index is 456. The summed E-state index contributed by atoms with van der Waals surface area (Å²) in [5.74, 6) is 0.275. The molecule has 0 aliphatic carbocycles. The molecule has 2 rings (SSSR count). The first-order valence-electron chi connectivity index (χ1n) is 7.40. The fourth-order valence-electron chi connectivity index (χ4n) is 2.22. The van der Waals surface area contributed by atoms with E-state index < -0.39 is 0 Å². The normalized spacial score (nSPS) is 17.7. The van der Waals surface area contributed by atoms with E-state index in [0.717, 1.165) is 38.5 Å². The molecule has 5 heteroatoms. The highest BCUT2D eigenvalue weighted by Gasteiger charge is 2.18. The van der Waals surface area contributed by atoms with Gasteiger partial charge in [-0.1, -0.05) is 41.9 Å². The number of anilines is 1. The molecule has 1 N–H and O–H groups in total. The van der Waals surface area contributed by atoms with Gasteiger partial charge in [0.25, 0.3) is 0 Å². The van der Waals surface area contributed by atoms with Crippen LogP contribution in [0.15, 0.2) is 24.3 Å². The Morgan fingerprint density at radius 1 is 1.29 bits per heavy atom. The average molecular weight is 355 g/mol. The summed E-state index contributed by atoms with van der Waals surface area (Å²) in [5.41, 5.74) is 2.10. The van der Waals surface area contributed by atoms with E-state index in [-0.39, 0.29) is 16.7 Å². The van der Waals surface area contributed by atoms with Gasteiger partial charge >= 0.3 is 0 Å². The highest BCUT2D eigenvalue weighted by molar-refractivity contribution is 9.10. The summed E-state index contributed by atoms with van der Waals surface area (Å²) in [6, 6.07) is 8.08. The lowest BCUT2D eigenvalue weighted by molar-refractivity contribution is -0.116. The van der Waals surface area contributed by atoms with Crippen molar-refractivity contribution in [3.05, 3.63) is 29.8 Å². The maximum Gasteiger partial charge on any atom is 0.238 e. The van der Waals surface area contributed by atoms with Crippen molar-refractivity contribution in [3.63, 3.8) is 0 Å². The predicted molar refractivity (Wildman–Crippen MR) is 88.7 cm³/mol. The molecule has 21 heavy (non-hydrogen) atoms. The van der Waals surface area contributed by atoms with E-state index in [1.165, 1.54) is 5.56 Å². The van der Waals surface area contributed by atoms with Crippen LogP contribution in [-0.2, 0) is 16.1 Å². The minimum Gasteiger partial charge on any atom is -0.379 e. The number of halogens is 1. The van der Waals surface area contributed by atoms with Crippen LogP contribution >= 0.6 is 15.9 Å². The number of benzene rings is 1. The van der Waals surface area contributed by atoms with Crippen molar-refractivity contribution in [2.45, 2.75) is 25.2 Å². The lowest BCUT2D eigenvalue weighted by atomic mass is 10.1. The number of hydrogen-bond donors (Lipinski definition) is 1. The first kappa shape index (κ1) is 16.5. The SMILES string of the molecule is CC(C)C(Br)C(=O)Nc1ccc(CN2CCOCC2)cc1. The maximum atomic E-state index is 12.0. The summed E-state index contributed by atoms with van der Waals surface area (Å²) >= 11 is 3.41. The van der Waals surface area contributed by atoms with Gasteiger partial charge in [0.15, 0.2) is 0 Å². The second-order valence-corrected chi connectivity index (χ2v) is 6.71. The van der Waals surface area contributed by atoms with Gasteiger partial charge < -0.3 is 10.1 Å². The second kappa shape index (κ2) is 7.92. The van der Waals surface area contributed by atoms with Gasteiger partial charge in [-0.25, -0.2) is 0 Å². The van der Waals surface area contributed by atoms with Gasteiger partial charge in [-0.05, 0) is 23.6 Å². The minimum absolute atomic E-state index is 0.00549. The molecule has 1 aromatic carbocycles. The highest BCUT2D eigenvalue weighted by atomic mass is 79.9. The first-order chi connectivity index (χ1) is 10.1. The molecule has 1 heterocycles. The zero-order chi connectivity index (χ0) is 15.2. The van der Waals surface area contributed by atoms with E-state index in [9.17, 15) is 4.79 Å². The highest BCUT2D eigenvalue weighted by Crippen LogP contribution is 2.17. The number of amides is 1. The molecule has 1 aliphatic heterocycles. The van der Waals surface area contributed by atoms with Crippen LogP contribution in [0.25, 0.3) is 0 Å². The molecular weight excluding hydrogens is 332 g/mol. The number of carbonyl (C=O) groups is 1. The molecular formula is C16H23BrN2O2. The Balaban J connectivity index is 1.88. The smallest absolute Gasteiger partial charge is 0.238 e. The van der Waals surface area contributed by atoms with E-state index in [0.29, 0.717) is 0 Å². The Morgan fingerprint density at radius 2 is 1.90 bits per heavy atom. The van der Waals surface area contributed by atoms with Gasteiger partial charge in [0.2, 0.25) is 5.91 Å². The third-order valence-electron chi connectivity index (χ3n) is 3.57. The number of carbonyl (C=O) groups excluding carboxylic acids is 1. The van der Waals surface area contributed by atoms with E-state index in [2.05, 4.69) is 38.3 Å². The number of hydrogen-bond acceptors (Lipinski definition) is 3. The van der Waals surface area contributed by atoms with Crippen molar-refractivity contribution in [2.75, 3.05) is 31.6 Å². The number of rotatable bonds is 5. The van der Waals surface area contributed by atoms with Crippen molar-refractivity contribution in [1.29, 1.82) is 0 Å². The van der Waals surface area contributed by atoms with Crippen molar-refractivity contribution in [2.24, 2.45) is 5.92 Å². The largest absolute Gasteiger partial charge is 0.379 e. The minimum atomic E-state index is -0.162. The van der Waals surface area contributed by atoms with Gasteiger partial charge in [-0.2, -0.15) is 0 Å². The standard InChI is InChI=1S/C16H23BrN2O2/c1-12(2)15(17)16(20)18-14-5-3-13(4-6-14)11-19-7-9-21-10-8-19/h3-6,12,15H,7-11H2,1-2H3,(H,18,20). The average Bonchev–Trinajstić information content (AvgIpc) is 2.49. The maximum absolute atomic E-state index is 12.0. The molecule has 0 aromatic heterocycles. The molecule has 1 unspecified atom stereocenters. The zero-order valence-corrected chi connectivity index (χ0v) is 14.2. The molecule has 0 spiro atoms. The van der Waals surface area contributed by atoms with E-state index >= 15 is 0 Å². The topological polar surface area (TPSA) is 41.6 Å². The number of nitrogens with zero attached hydrogens (tertiary/aromatic N) is 1. The van der Waals surface area contributed by atoms with Crippen molar-refractivity contribution in [1.82, 2.24) is 4.90 Å². The number of ether oxygens (including phenoxy) is 1. The van der Waals surface area contributed by atoms with Crippen LogP contribution in [0.1, 0.15) is 19.4 Å². The molecule has 0 bridgehead atoms. The summed E-state index contributed by atoms with van der Waals surface area (Å²) in [5, 5.41) is 2.93. The van der Waals surface area contributed by atoms with E-state index in [1.54, 1.807) is 0 Å². The molecule has 1 atom stereocenters. The van der Waals surface area contributed by atoms with E-state index in [4.69, 9.17) is 4.74 Å². The monoisotopic (exact) mass is 354 g/mol. The molecule has 116 valence electrons. The van der Waals surface area contributed by atoms with Crippen LogP contribution in [0, 0.1) is 5.92 Å². The Kier molecular flexibility index (Phi) is 6.21. The summed E-state index contributed by atoms with van der Waals surface area (Å²) in [6.45, 7) is 8.57. The summed E-state index contributed by atoms with van der Waals surface area (Å²) < 4.78 is 5.35. The third kappa shape index (κ3) is 5.09. The molecule has 0 radical (unpaired) electrons. The van der Waals surface area contributed by atoms with Crippen LogP contribution < -0.4 is 5.32 Å². The summed E-state index contributed by atoms with van der Waals surface area (Å²) in [6.07, 6.45) is 0. The first-order valence-corrected chi connectivity index (χ1v) is 8.32. The number of nitrogens with one attached hydrogen (secondary N) is 1. The molecule has 0 saturated carbocycles. The van der Waals surface area contributed by atoms with Crippen LogP contribution in [0.4, 0.5) is 5.69 Å². The molecule has 1 aromatic rings. The lowest BCUT2D eigenvalue weighted by Crippen LogP contribution is -2.35. The van der Waals surface area contributed by atoms with Gasteiger partial charge in [0, 0.05) is 25.3 Å².